The number of benzene rings is 2. The van der Waals surface area contributed by atoms with E-state index in [1.165, 1.54) is 6.92 Å². The number of rotatable bonds is 4. The first-order valence-electron chi connectivity index (χ1n) is 7.04. The number of aromatic amines is 1. The lowest BCUT2D eigenvalue weighted by atomic mass is 10.1. The summed E-state index contributed by atoms with van der Waals surface area (Å²) in [5.74, 6) is 0.618. The molecule has 2 aromatic carbocycles. The molecule has 0 aliphatic carbocycles. The number of hydrogen-bond acceptors (Lipinski definition) is 3. The molecule has 3 aromatic rings. The molecule has 3 rings (SSSR count). The second-order valence-corrected chi connectivity index (χ2v) is 4.97. The van der Waals surface area contributed by atoms with Gasteiger partial charge in [-0.3, -0.25) is 4.79 Å². The maximum Gasteiger partial charge on any atom is 0.236 e. The molecule has 5 heteroatoms. The normalized spacial score (nSPS) is 11.6. The number of hydrazone groups is 1. The van der Waals surface area contributed by atoms with Crippen molar-refractivity contribution in [3.63, 3.8) is 0 Å². The third-order valence-corrected chi connectivity index (χ3v) is 3.23. The first-order chi connectivity index (χ1) is 10.7. The number of nitrogens with zero attached hydrogens (tertiary/aromatic N) is 2. The van der Waals surface area contributed by atoms with Gasteiger partial charge in [0.2, 0.25) is 5.91 Å². The van der Waals surface area contributed by atoms with Crippen LogP contribution in [0.2, 0.25) is 0 Å². The molecule has 0 saturated heterocycles. The molecule has 110 valence electrons. The summed E-state index contributed by atoms with van der Waals surface area (Å²) in [5, 5.41) is 4.22. The van der Waals surface area contributed by atoms with E-state index in [1.807, 2.05) is 54.6 Å². The van der Waals surface area contributed by atoms with Gasteiger partial charge in [-0.1, -0.05) is 42.5 Å². The molecule has 0 bridgehead atoms. The molecular weight excluding hydrogens is 276 g/mol. The number of hydrogen-bond donors (Lipinski definition) is 2. The van der Waals surface area contributed by atoms with E-state index >= 15 is 0 Å². The Morgan fingerprint density at radius 3 is 2.59 bits per heavy atom. The van der Waals surface area contributed by atoms with Gasteiger partial charge >= 0.3 is 0 Å². The fraction of sp³-hybridized carbons (Fsp3) is 0.118. The lowest BCUT2D eigenvalue weighted by molar-refractivity contribution is -0.118. The summed E-state index contributed by atoms with van der Waals surface area (Å²) in [6.45, 7) is 1.44. The quantitative estimate of drug-likeness (QED) is 0.573. The zero-order valence-corrected chi connectivity index (χ0v) is 12.2. The van der Waals surface area contributed by atoms with Gasteiger partial charge in [-0.15, -0.1) is 0 Å². The van der Waals surface area contributed by atoms with Crippen LogP contribution in [0.4, 0.5) is 0 Å². The third kappa shape index (κ3) is 3.20. The maximum atomic E-state index is 11.1. The second kappa shape index (κ2) is 6.22. The first kappa shape index (κ1) is 14.0. The van der Waals surface area contributed by atoms with E-state index in [-0.39, 0.29) is 5.91 Å². The van der Waals surface area contributed by atoms with E-state index in [4.69, 9.17) is 0 Å². The molecular formula is C17H16N4O. The molecule has 0 saturated carbocycles. The van der Waals surface area contributed by atoms with Crippen LogP contribution < -0.4 is 5.43 Å². The van der Waals surface area contributed by atoms with E-state index in [0.717, 1.165) is 28.1 Å². The predicted molar refractivity (Wildman–Crippen MR) is 86.6 cm³/mol. The highest BCUT2D eigenvalue weighted by Crippen LogP contribution is 2.12. The minimum atomic E-state index is -0.196. The lowest BCUT2D eigenvalue weighted by Crippen LogP contribution is -2.18. The molecule has 1 heterocycles. The Bertz CT molecular complexity index is 788. The summed E-state index contributed by atoms with van der Waals surface area (Å²) < 4.78 is 0. The van der Waals surface area contributed by atoms with Crippen molar-refractivity contribution in [3.05, 3.63) is 66.0 Å². The molecule has 0 aliphatic heterocycles. The zero-order valence-electron chi connectivity index (χ0n) is 12.2. The molecule has 2 N–H and O–H groups in total. The van der Waals surface area contributed by atoms with Crippen LogP contribution in [0.25, 0.3) is 11.0 Å². The van der Waals surface area contributed by atoms with E-state index in [2.05, 4.69) is 20.5 Å². The Labute approximate surface area is 128 Å². The average molecular weight is 292 g/mol. The summed E-state index contributed by atoms with van der Waals surface area (Å²) >= 11 is 0. The van der Waals surface area contributed by atoms with Gasteiger partial charge in [0, 0.05) is 6.92 Å². The van der Waals surface area contributed by atoms with Crippen LogP contribution in [-0.2, 0) is 11.2 Å². The van der Waals surface area contributed by atoms with Crippen LogP contribution in [0.1, 0.15) is 18.3 Å². The summed E-state index contributed by atoms with van der Waals surface area (Å²) in [6, 6.07) is 17.6. The van der Waals surface area contributed by atoms with E-state index in [9.17, 15) is 4.79 Å². The highest BCUT2D eigenvalue weighted by molar-refractivity contribution is 6.02. The SMILES string of the molecule is CC(=O)N/N=C(\Cc1nc2ccccc2[nH]1)c1ccccc1. The van der Waals surface area contributed by atoms with Gasteiger partial charge in [-0.25, -0.2) is 10.4 Å². The molecule has 0 spiro atoms. The number of carbonyl (C=O) groups excluding carboxylic acids is 1. The topological polar surface area (TPSA) is 70.1 Å². The largest absolute Gasteiger partial charge is 0.342 e. The van der Waals surface area contributed by atoms with Crippen molar-refractivity contribution in [2.45, 2.75) is 13.3 Å². The van der Waals surface area contributed by atoms with Crippen LogP contribution in [0, 0.1) is 0 Å². The highest BCUT2D eigenvalue weighted by Gasteiger charge is 2.09. The summed E-state index contributed by atoms with van der Waals surface area (Å²) in [4.78, 5) is 19.0. The molecule has 0 atom stereocenters. The van der Waals surface area contributed by atoms with Crippen LogP contribution in [-0.4, -0.2) is 21.6 Å². The Kier molecular flexibility index (Phi) is 3.96. The molecule has 0 radical (unpaired) electrons. The molecule has 0 aliphatic rings. The highest BCUT2D eigenvalue weighted by atomic mass is 16.2. The van der Waals surface area contributed by atoms with Gasteiger partial charge in [-0.2, -0.15) is 5.10 Å². The van der Waals surface area contributed by atoms with Crippen LogP contribution >= 0.6 is 0 Å². The summed E-state index contributed by atoms with van der Waals surface area (Å²) in [5.41, 5.74) is 6.13. The third-order valence-electron chi connectivity index (χ3n) is 3.23. The molecule has 22 heavy (non-hydrogen) atoms. The summed E-state index contributed by atoms with van der Waals surface area (Å²) in [6.07, 6.45) is 0.513. The fourth-order valence-corrected chi connectivity index (χ4v) is 2.23. The monoisotopic (exact) mass is 292 g/mol. The Hall–Kier alpha value is -2.95. The van der Waals surface area contributed by atoms with Gasteiger partial charge in [0.15, 0.2) is 0 Å². The molecule has 0 fully saturated rings. The number of amides is 1. The lowest BCUT2D eigenvalue weighted by Gasteiger charge is -2.05. The Morgan fingerprint density at radius 1 is 1.14 bits per heavy atom. The number of carbonyl (C=O) groups is 1. The number of fused-ring (bicyclic) bond motifs is 1. The average Bonchev–Trinajstić information content (AvgIpc) is 2.94. The van der Waals surface area contributed by atoms with Crippen molar-refractivity contribution in [1.29, 1.82) is 0 Å². The van der Waals surface area contributed by atoms with Gasteiger partial charge in [0.25, 0.3) is 0 Å². The number of H-pyrrole nitrogens is 1. The molecule has 1 amide bonds. The van der Waals surface area contributed by atoms with Crippen LogP contribution in [0.15, 0.2) is 59.7 Å². The van der Waals surface area contributed by atoms with Crippen LogP contribution in [0.3, 0.4) is 0 Å². The molecule has 5 nitrogen and oxygen atoms in total. The van der Waals surface area contributed by atoms with Crippen molar-refractivity contribution in [2.24, 2.45) is 5.10 Å². The van der Waals surface area contributed by atoms with Crippen molar-refractivity contribution in [2.75, 3.05) is 0 Å². The second-order valence-electron chi connectivity index (χ2n) is 4.97. The zero-order chi connectivity index (χ0) is 15.4. The smallest absolute Gasteiger partial charge is 0.236 e. The van der Waals surface area contributed by atoms with Gasteiger partial charge < -0.3 is 4.98 Å². The first-order valence-corrected chi connectivity index (χ1v) is 7.04. The Morgan fingerprint density at radius 2 is 1.86 bits per heavy atom. The Balaban J connectivity index is 1.92. The van der Waals surface area contributed by atoms with E-state index in [0.29, 0.717) is 6.42 Å². The number of nitrogens with one attached hydrogen (secondary N) is 2. The summed E-state index contributed by atoms with van der Waals surface area (Å²) in [7, 11) is 0. The fourth-order valence-electron chi connectivity index (χ4n) is 2.23. The van der Waals surface area contributed by atoms with Crippen molar-refractivity contribution in [3.8, 4) is 0 Å². The number of aromatic nitrogens is 2. The van der Waals surface area contributed by atoms with Crippen molar-refractivity contribution in [1.82, 2.24) is 15.4 Å². The van der Waals surface area contributed by atoms with Gasteiger partial charge in [-0.05, 0) is 17.7 Å². The van der Waals surface area contributed by atoms with E-state index < -0.39 is 0 Å². The molecule has 0 unspecified atom stereocenters. The maximum absolute atomic E-state index is 11.1. The van der Waals surface area contributed by atoms with Crippen molar-refractivity contribution >= 4 is 22.7 Å². The van der Waals surface area contributed by atoms with Gasteiger partial charge in [0.05, 0.1) is 23.2 Å². The van der Waals surface area contributed by atoms with Crippen LogP contribution in [0.5, 0.6) is 0 Å². The number of para-hydroxylation sites is 2. The minimum Gasteiger partial charge on any atom is -0.342 e. The number of imidazole rings is 1. The minimum absolute atomic E-state index is 0.196. The van der Waals surface area contributed by atoms with Crippen molar-refractivity contribution < 1.29 is 4.79 Å². The molecule has 1 aromatic heterocycles. The standard InChI is InChI=1S/C17H16N4O/c1-12(22)20-21-16(13-7-3-2-4-8-13)11-17-18-14-9-5-6-10-15(14)19-17/h2-10H,11H2,1H3,(H,18,19)(H,20,22)/b21-16+. The van der Waals surface area contributed by atoms with E-state index in [1.54, 1.807) is 0 Å². The predicted octanol–water partition coefficient (Wildman–Crippen LogP) is 2.65. The van der Waals surface area contributed by atoms with Gasteiger partial charge in [0.1, 0.15) is 5.82 Å².